The van der Waals surface area contributed by atoms with Crippen molar-refractivity contribution in [2.24, 2.45) is 5.73 Å². The third-order valence-electron chi connectivity index (χ3n) is 5.41. The molecular weight excluding hydrogens is 324 g/mol. The quantitative estimate of drug-likeness (QED) is 0.828. The van der Waals surface area contributed by atoms with Crippen LogP contribution in [-0.2, 0) is 0 Å². The smallest absolute Gasteiger partial charge is 0.252 e. The molecule has 0 aliphatic carbocycles. The van der Waals surface area contributed by atoms with Crippen molar-refractivity contribution >= 4 is 22.6 Å². The Morgan fingerprint density at radius 1 is 1.23 bits per heavy atom. The Labute approximate surface area is 156 Å². The molecule has 1 amide bonds. The topological polar surface area (TPSA) is 62.5 Å². The second kappa shape index (κ2) is 8.49. The van der Waals surface area contributed by atoms with Gasteiger partial charge in [-0.2, -0.15) is 0 Å². The van der Waals surface area contributed by atoms with Crippen molar-refractivity contribution in [2.75, 3.05) is 37.6 Å². The number of aromatic nitrogens is 1. The van der Waals surface area contributed by atoms with Gasteiger partial charge < -0.3 is 15.5 Å². The molecule has 0 radical (unpaired) electrons. The molecule has 2 N–H and O–H groups in total. The lowest BCUT2D eigenvalue weighted by atomic mass is 10.0. The van der Waals surface area contributed by atoms with E-state index in [2.05, 4.69) is 16.7 Å². The molecule has 1 fully saturated rings. The number of piperidine rings is 1. The van der Waals surface area contributed by atoms with Crippen LogP contribution in [0.15, 0.2) is 24.3 Å². The number of benzene rings is 1. The molecule has 0 unspecified atom stereocenters. The number of nitrogens with zero attached hydrogens (tertiary/aromatic N) is 3. The van der Waals surface area contributed by atoms with Crippen LogP contribution >= 0.6 is 0 Å². The van der Waals surface area contributed by atoms with Gasteiger partial charge in [0.2, 0.25) is 0 Å². The minimum Gasteiger partial charge on any atom is -0.365 e. The number of hydrogen-bond donors (Lipinski definition) is 1. The van der Waals surface area contributed by atoms with Crippen LogP contribution in [0.1, 0.15) is 48.5 Å². The molecule has 0 saturated carbocycles. The summed E-state index contributed by atoms with van der Waals surface area (Å²) in [5.41, 5.74) is 8.13. The van der Waals surface area contributed by atoms with Gasteiger partial charge in [-0.25, -0.2) is 4.98 Å². The zero-order valence-corrected chi connectivity index (χ0v) is 16.0. The van der Waals surface area contributed by atoms with Crippen molar-refractivity contribution in [3.63, 3.8) is 0 Å². The highest BCUT2D eigenvalue weighted by atomic mass is 16.1. The molecule has 0 atom stereocenters. The number of rotatable bonds is 7. The molecule has 0 spiro atoms. The van der Waals surface area contributed by atoms with Crippen LogP contribution in [-0.4, -0.2) is 48.5 Å². The SMILES string of the molecule is CCN(CCCN1CCCCC1)c1nc2ccccc2c(C)c1C(N)=O. The summed E-state index contributed by atoms with van der Waals surface area (Å²) in [7, 11) is 0. The number of hydrogen-bond acceptors (Lipinski definition) is 4. The Balaban J connectivity index is 1.83. The highest BCUT2D eigenvalue weighted by molar-refractivity contribution is 6.04. The second-order valence-corrected chi connectivity index (χ2v) is 7.15. The number of fused-ring (bicyclic) bond motifs is 1. The molecule has 5 heteroatoms. The van der Waals surface area contributed by atoms with Crippen molar-refractivity contribution in [1.29, 1.82) is 0 Å². The van der Waals surface area contributed by atoms with E-state index in [1.165, 1.54) is 32.4 Å². The Morgan fingerprint density at radius 3 is 2.65 bits per heavy atom. The third kappa shape index (κ3) is 3.98. The summed E-state index contributed by atoms with van der Waals surface area (Å²) in [6.45, 7) is 9.31. The van der Waals surface area contributed by atoms with Crippen LogP contribution in [0.25, 0.3) is 10.9 Å². The fourth-order valence-corrected chi connectivity index (χ4v) is 3.97. The Bertz CT molecular complexity index is 768. The summed E-state index contributed by atoms with van der Waals surface area (Å²) < 4.78 is 0. The maximum Gasteiger partial charge on any atom is 0.252 e. The van der Waals surface area contributed by atoms with E-state index in [4.69, 9.17) is 10.7 Å². The highest BCUT2D eigenvalue weighted by Gasteiger charge is 2.20. The average molecular weight is 354 g/mol. The van der Waals surface area contributed by atoms with Gasteiger partial charge in [0.1, 0.15) is 5.82 Å². The van der Waals surface area contributed by atoms with E-state index in [0.29, 0.717) is 5.56 Å². The van der Waals surface area contributed by atoms with Crippen molar-refractivity contribution < 1.29 is 4.79 Å². The van der Waals surface area contributed by atoms with Gasteiger partial charge in [0.05, 0.1) is 11.1 Å². The number of nitrogens with two attached hydrogens (primary N) is 1. The summed E-state index contributed by atoms with van der Waals surface area (Å²) in [6.07, 6.45) is 5.06. The zero-order chi connectivity index (χ0) is 18.5. The molecule has 3 rings (SSSR count). The van der Waals surface area contributed by atoms with E-state index < -0.39 is 5.91 Å². The zero-order valence-electron chi connectivity index (χ0n) is 16.0. The van der Waals surface area contributed by atoms with Crippen molar-refractivity contribution in [2.45, 2.75) is 39.5 Å². The predicted molar refractivity (Wildman–Crippen MR) is 108 cm³/mol. The first kappa shape index (κ1) is 18.6. The molecule has 0 bridgehead atoms. The van der Waals surface area contributed by atoms with Crippen molar-refractivity contribution in [1.82, 2.24) is 9.88 Å². The van der Waals surface area contributed by atoms with E-state index in [-0.39, 0.29) is 0 Å². The Hall–Kier alpha value is -2.14. The molecule has 2 aromatic rings. The van der Waals surface area contributed by atoms with Gasteiger partial charge in [-0.15, -0.1) is 0 Å². The lowest BCUT2D eigenvalue weighted by Gasteiger charge is -2.29. The number of amides is 1. The summed E-state index contributed by atoms with van der Waals surface area (Å²) in [5, 5.41) is 0.995. The van der Waals surface area contributed by atoms with E-state index in [9.17, 15) is 4.79 Å². The van der Waals surface area contributed by atoms with Gasteiger partial charge in [0.25, 0.3) is 5.91 Å². The average Bonchev–Trinajstić information content (AvgIpc) is 2.66. The maximum absolute atomic E-state index is 12.2. The molecule has 1 aromatic carbocycles. The maximum atomic E-state index is 12.2. The Morgan fingerprint density at radius 2 is 1.96 bits per heavy atom. The molecule has 1 aliphatic rings. The normalized spacial score (nSPS) is 15.3. The Kier molecular flexibility index (Phi) is 6.09. The molecule has 26 heavy (non-hydrogen) atoms. The fourth-order valence-electron chi connectivity index (χ4n) is 3.97. The molecule has 5 nitrogen and oxygen atoms in total. The van der Waals surface area contributed by atoms with Gasteiger partial charge in [-0.05, 0) is 64.4 Å². The number of likely N-dealkylation sites (tertiary alicyclic amines) is 1. The van der Waals surface area contributed by atoms with Crippen LogP contribution in [0, 0.1) is 6.92 Å². The lowest BCUT2D eigenvalue weighted by Crippen LogP contribution is -2.34. The first-order valence-corrected chi connectivity index (χ1v) is 9.78. The van der Waals surface area contributed by atoms with Crippen molar-refractivity contribution in [3.8, 4) is 0 Å². The van der Waals surface area contributed by atoms with E-state index in [1.807, 2.05) is 31.2 Å². The van der Waals surface area contributed by atoms with E-state index in [0.717, 1.165) is 48.3 Å². The molecule has 1 aliphatic heterocycles. The number of aryl methyl sites for hydroxylation is 1. The van der Waals surface area contributed by atoms with Crippen LogP contribution in [0.5, 0.6) is 0 Å². The van der Waals surface area contributed by atoms with E-state index in [1.54, 1.807) is 0 Å². The predicted octanol–water partition coefficient (Wildman–Crippen LogP) is 3.34. The van der Waals surface area contributed by atoms with Crippen molar-refractivity contribution in [3.05, 3.63) is 35.4 Å². The lowest BCUT2D eigenvalue weighted by molar-refractivity contribution is 0.1000. The van der Waals surface area contributed by atoms with Gasteiger partial charge >= 0.3 is 0 Å². The molecule has 140 valence electrons. The first-order chi connectivity index (χ1) is 12.6. The summed E-state index contributed by atoms with van der Waals surface area (Å²) in [6, 6.07) is 7.95. The fraction of sp³-hybridized carbons (Fsp3) is 0.524. The van der Waals surface area contributed by atoms with Crippen LogP contribution < -0.4 is 10.6 Å². The number of primary amides is 1. The van der Waals surface area contributed by atoms with Gasteiger partial charge in [-0.3, -0.25) is 4.79 Å². The monoisotopic (exact) mass is 354 g/mol. The number of carbonyl (C=O) groups excluding carboxylic acids is 1. The minimum absolute atomic E-state index is 0.398. The molecular formula is C21H30N4O. The first-order valence-electron chi connectivity index (χ1n) is 9.78. The van der Waals surface area contributed by atoms with Crippen LogP contribution in [0.2, 0.25) is 0 Å². The molecule has 1 aromatic heterocycles. The van der Waals surface area contributed by atoms with E-state index >= 15 is 0 Å². The summed E-state index contributed by atoms with van der Waals surface area (Å²) in [4.78, 5) is 21.7. The number of anilines is 1. The van der Waals surface area contributed by atoms with Crippen LogP contribution in [0.4, 0.5) is 5.82 Å². The van der Waals surface area contributed by atoms with Gasteiger partial charge in [0, 0.05) is 18.5 Å². The summed E-state index contributed by atoms with van der Waals surface area (Å²) >= 11 is 0. The van der Waals surface area contributed by atoms with Crippen LogP contribution in [0.3, 0.4) is 0 Å². The third-order valence-corrected chi connectivity index (χ3v) is 5.41. The molecule has 1 saturated heterocycles. The molecule has 2 heterocycles. The number of pyridine rings is 1. The number of para-hydroxylation sites is 1. The summed E-state index contributed by atoms with van der Waals surface area (Å²) in [5.74, 6) is 0.333. The minimum atomic E-state index is -0.398. The largest absolute Gasteiger partial charge is 0.365 e. The highest BCUT2D eigenvalue weighted by Crippen LogP contribution is 2.28. The van der Waals surface area contributed by atoms with Gasteiger partial charge in [0.15, 0.2) is 0 Å². The number of carbonyl (C=O) groups is 1. The second-order valence-electron chi connectivity index (χ2n) is 7.15. The van der Waals surface area contributed by atoms with Gasteiger partial charge in [-0.1, -0.05) is 24.6 Å². The standard InChI is InChI=1S/C21H30N4O/c1-3-25(15-9-14-24-12-7-4-8-13-24)21-19(20(22)26)16(2)17-10-5-6-11-18(17)23-21/h5-6,10-11H,3-4,7-9,12-15H2,1-2H3,(H2,22,26).